The molecule has 5 rings (SSSR count). The van der Waals surface area contributed by atoms with E-state index >= 15 is 0 Å². The molecule has 8 nitrogen and oxygen atoms in total. The van der Waals surface area contributed by atoms with E-state index in [1.54, 1.807) is 12.1 Å². The number of carbonyl (C=O) groups is 1. The van der Waals surface area contributed by atoms with Crippen molar-refractivity contribution >= 4 is 17.4 Å². The van der Waals surface area contributed by atoms with Gasteiger partial charge in [-0.1, -0.05) is 28.9 Å². The number of halogens is 7. The van der Waals surface area contributed by atoms with Crippen LogP contribution in [0, 0.1) is 0 Å². The lowest BCUT2D eigenvalue weighted by Crippen LogP contribution is -2.13. The van der Waals surface area contributed by atoms with Crippen molar-refractivity contribution < 1.29 is 31.1 Å². The second kappa shape index (κ2) is 10.7. The highest BCUT2D eigenvalue weighted by Gasteiger charge is 2.37. The molecule has 0 saturated heterocycles. The average molecular weight is 590 g/mol. The molecule has 0 amide bonds. The van der Waals surface area contributed by atoms with Gasteiger partial charge in [0.05, 0.1) is 40.7 Å². The van der Waals surface area contributed by atoms with Crippen LogP contribution < -0.4 is 0 Å². The molecule has 0 fully saturated rings. The third kappa shape index (κ3) is 5.77. The molecule has 0 aliphatic rings. The van der Waals surface area contributed by atoms with Crippen LogP contribution in [-0.2, 0) is 18.9 Å². The third-order valence-corrected chi connectivity index (χ3v) is 6.16. The summed E-state index contributed by atoms with van der Waals surface area (Å²) in [5.74, 6) is -0.534. The van der Waals surface area contributed by atoms with Crippen LogP contribution in [-0.4, -0.2) is 40.9 Å². The number of ketones is 1. The van der Waals surface area contributed by atoms with E-state index in [9.17, 15) is 31.1 Å². The molecule has 15 heteroatoms. The molecule has 0 aliphatic heterocycles. The van der Waals surface area contributed by atoms with E-state index in [0.29, 0.717) is 12.1 Å². The smallest absolute Gasteiger partial charge is 0.288 e. The summed E-state index contributed by atoms with van der Waals surface area (Å²) in [6.45, 7) is -0.569. The van der Waals surface area contributed by atoms with E-state index in [-0.39, 0.29) is 50.6 Å². The van der Waals surface area contributed by atoms with Crippen LogP contribution in [0.1, 0.15) is 32.6 Å². The van der Waals surface area contributed by atoms with E-state index in [1.165, 1.54) is 43.0 Å². The van der Waals surface area contributed by atoms with Crippen LogP contribution in [0.15, 0.2) is 73.3 Å². The van der Waals surface area contributed by atoms with Crippen molar-refractivity contribution in [1.29, 1.82) is 0 Å². The molecule has 0 saturated carbocycles. The summed E-state index contributed by atoms with van der Waals surface area (Å²) in [6.07, 6.45) is -4.85. The Hall–Kier alpha value is -4.72. The fourth-order valence-electron chi connectivity index (χ4n) is 4.02. The van der Waals surface area contributed by atoms with Gasteiger partial charge < -0.3 is 0 Å². The lowest BCUT2D eigenvalue weighted by atomic mass is 10.00. The maximum absolute atomic E-state index is 13.5. The Morgan fingerprint density at radius 2 is 1.54 bits per heavy atom. The van der Waals surface area contributed by atoms with Crippen LogP contribution in [0.3, 0.4) is 0 Å². The van der Waals surface area contributed by atoms with E-state index < -0.39 is 35.8 Å². The predicted molar refractivity (Wildman–Crippen MR) is 133 cm³/mol. The number of hydrogen-bond donors (Lipinski definition) is 0. The van der Waals surface area contributed by atoms with Gasteiger partial charge in [0.2, 0.25) is 0 Å². The summed E-state index contributed by atoms with van der Waals surface area (Å²) >= 11 is 6.21. The first-order valence-corrected chi connectivity index (χ1v) is 11.9. The number of benzene rings is 2. The highest BCUT2D eigenvalue weighted by atomic mass is 35.5. The van der Waals surface area contributed by atoms with Crippen LogP contribution in [0.5, 0.6) is 0 Å². The van der Waals surface area contributed by atoms with Gasteiger partial charge in [0, 0.05) is 18.0 Å². The SMILES string of the molecule is O=C(c1ccccc1Cl)c1ccnnc1-c1nnn(Cc2cc(C(F)(F)F)cc(C(F)(F)F)c2)c1-c1cnccn1. The zero-order valence-corrected chi connectivity index (χ0v) is 21.1. The summed E-state index contributed by atoms with van der Waals surface area (Å²) in [4.78, 5) is 21.6. The minimum Gasteiger partial charge on any atom is -0.288 e. The molecule has 0 aliphatic carbocycles. The van der Waals surface area contributed by atoms with Gasteiger partial charge in [0.15, 0.2) is 5.78 Å². The number of aromatic nitrogens is 7. The molecule has 41 heavy (non-hydrogen) atoms. The molecule has 0 bridgehead atoms. The fraction of sp³-hybridized carbons (Fsp3) is 0.115. The lowest BCUT2D eigenvalue weighted by Gasteiger charge is -2.15. The number of hydrogen-bond acceptors (Lipinski definition) is 7. The largest absolute Gasteiger partial charge is 0.416 e. The lowest BCUT2D eigenvalue weighted by molar-refractivity contribution is -0.143. The van der Waals surface area contributed by atoms with Gasteiger partial charge >= 0.3 is 12.4 Å². The predicted octanol–water partition coefficient (Wildman–Crippen LogP) is 6.16. The average Bonchev–Trinajstić information content (AvgIpc) is 3.35. The highest BCUT2D eigenvalue weighted by molar-refractivity contribution is 6.35. The summed E-state index contributed by atoms with van der Waals surface area (Å²) in [5, 5.41) is 16.1. The topological polar surface area (TPSA) is 99.3 Å². The summed E-state index contributed by atoms with van der Waals surface area (Å²) in [6, 6.07) is 8.86. The first-order valence-electron chi connectivity index (χ1n) is 11.5. The van der Waals surface area contributed by atoms with Crippen LogP contribution in [0.4, 0.5) is 26.3 Å². The number of nitrogens with zero attached hydrogens (tertiary/aromatic N) is 7. The Labute approximate surface area is 231 Å². The Balaban J connectivity index is 1.67. The maximum atomic E-state index is 13.5. The molecule has 0 N–H and O–H groups in total. The Morgan fingerprint density at radius 1 is 0.829 bits per heavy atom. The quantitative estimate of drug-likeness (QED) is 0.173. The second-order valence-corrected chi connectivity index (χ2v) is 8.96. The third-order valence-electron chi connectivity index (χ3n) is 5.83. The zero-order valence-electron chi connectivity index (χ0n) is 20.3. The van der Waals surface area contributed by atoms with E-state index in [1.807, 2.05) is 0 Å². The molecule has 0 unspecified atom stereocenters. The molecule has 208 valence electrons. The first-order chi connectivity index (χ1) is 19.4. The van der Waals surface area contributed by atoms with Gasteiger partial charge in [-0.2, -0.15) is 31.4 Å². The molecule has 2 aromatic carbocycles. The van der Waals surface area contributed by atoms with Gasteiger partial charge in [-0.3, -0.25) is 14.8 Å². The van der Waals surface area contributed by atoms with Crippen molar-refractivity contribution in [1.82, 2.24) is 35.2 Å². The molecule has 3 aromatic heterocycles. The minimum atomic E-state index is -5.04. The van der Waals surface area contributed by atoms with E-state index in [2.05, 4.69) is 30.5 Å². The summed E-state index contributed by atoms with van der Waals surface area (Å²) in [5.41, 5.74) is -3.14. The van der Waals surface area contributed by atoms with Gasteiger partial charge in [-0.05, 0) is 42.0 Å². The van der Waals surface area contributed by atoms with E-state index in [4.69, 9.17) is 11.6 Å². The number of rotatable bonds is 6. The van der Waals surface area contributed by atoms with Crippen molar-refractivity contribution in [3.05, 3.63) is 106 Å². The Morgan fingerprint density at radius 3 is 2.17 bits per heavy atom. The zero-order chi connectivity index (χ0) is 29.4. The van der Waals surface area contributed by atoms with E-state index in [0.717, 1.165) is 4.68 Å². The van der Waals surface area contributed by atoms with Gasteiger partial charge in [-0.25, -0.2) is 4.68 Å². The Bertz CT molecular complexity index is 1710. The normalized spacial score (nSPS) is 12.0. The second-order valence-electron chi connectivity index (χ2n) is 8.55. The van der Waals surface area contributed by atoms with Crippen LogP contribution in [0.25, 0.3) is 22.8 Å². The van der Waals surface area contributed by atoms with Gasteiger partial charge in [0.25, 0.3) is 0 Å². The molecular weight excluding hydrogens is 576 g/mol. The molecule has 0 spiro atoms. The molecule has 0 radical (unpaired) electrons. The summed E-state index contributed by atoms with van der Waals surface area (Å²) in [7, 11) is 0. The first kappa shape index (κ1) is 27.8. The standard InChI is InChI=1S/C26H14ClF6N7O/c27-19-4-2-1-3-17(19)24(41)18-5-6-36-37-21(18)22-23(20-12-34-7-8-35-20)40(39-38-22)13-14-9-15(25(28,29)30)11-16(10-14)26(31,32)33/h1-12H,13H2. The van der Waals surface area contributed by atoms with Crippen molar-refractivity contribution in [3.8, 4) is 22.8 Å². The van der Waals surface area contributed by atoms with Crippen molar-refractivity contribution in [3.63, 3.8) is 0 Å². The molecular formula is C26H14ClF6N7O. The highest BCUT2D eigenvalue weighted by Crippen LogP contribution is 2.37. The fourth-order valence-corrected chi connectivity index (χ4v) is 4.24. The van der Waals surface area contributed by atoms with Crippen molar-refractivity contribution in [2.45, 2.75) is 18.9 Å². The van der Waals surface area contributed by atoms with Gasteiger partial charge in [-0.15, -0.1) is 10.2 Å². The van der Waals surface area contributed by atoms with Crippen molar-refractivity contribution in [2.24, 2.45) is 0 Å². The molecule has 5 aromatic rings. The summed E-state index contributed by atoms with van der Waals surface area (Å²) < 4.78 is 81.8. The minimum absolute atomic E-state index is 0.0173. The van der Waals surface area contributed by atoms with Gasteiger partial charge in [0.1, 0.15) is 22.8 Å². The van der Waals surface area contributed by atoms with Crippen LogP contribution in [0.2, 0.25) is 5.02 Å². The number of carbonyl (C=O) groups excluding carboxylic acids is 1. The molecule has 3 heterocycles. The number of alkyl halides is 6. The monoisotopic (exact) mass is 589 g/mol. The van der Waals surface area contributed by atoms with Crippen LogP contribution >= 0.6 is 11.6 Å². The molecule has 0 atom stereocenters. The maximum Gasteiger partial charge on any atom is 0.416 e. The Kier molecular flexibility index (Phi) is 7.26. The van der Waals surface area contributed by atoms with Crippen molar-refractivity contribution in [2.75, 3.05) is 0 Å².